The molecule has 0 bridgehead atoms. The molecule has 1 aromatic rings. The first-order valence-corrected chi connectivity index (χ1v) is 9.33. The van der Waals surface area contributed by atoms with Gasteiger partial charge >= 0.3 is 0 Å². The van der Waals surface area contributed by atoms with Crippen molar-refractivity contribution in [2.24, 2.45) is 0 Å². The van der Waals surface area contributed by atoms with Crippen molar-refractivity contribution in [2.45, 2.75) is 45.1 Å². The van der Waals surface area contributed by atoms with Crippen molar-refractivity contribution >= 4 is 16.3 Å². The monoisotopic (exact) mass is 328 g/mol. The summed E-state index contributed by atoms with van der Waals surface area (Å²) in [6.07, 6.45) is 1.58. The lowest BCUT2D eigenvalue weighted by Gasteiger charge is -2.14. The molecule has 0 spiro atoms. The molecule has 1 fully saturated rings. The Hall–Kier alpha value is -1.24. The molecular formula is C16H28N2O3S. The van der Waals surface area contributed by atoms with E-state index in [4.69, 9.17) is 0 Å². The highest BCUT2D eigenvalue weighted by Crippen LogP contribution is 2.13. The third-order valence-corrected chi connectivity index (χ3v) is 4.52. The lowest BCUT2D eigenvalue weighted by molar-refractivity contribution is -0.108. The third-order valence-electron chi connectivity index (χ3n) is 2.98. The predicted molar refractivity (Wildman–Crippen MR) is 90.4 cm³/mol. The number of nitrogens with one attached hydrogen (secondary N) is 1. The zero-order chi connectivity index (χ0) is 17.0. The van der Waals surface area contributed by atoms with Crippen molar-refractivity contribution in [1.82, 2.24) is 9.62 Å². The lowest BCUT2D eigenvalue weighted by atomic mass is 10.3. The van der Waals surface area contributed by atoms with Gasteiger partial charge in [0.2, 0.25) is 10.0 Å². The van der Waals surface area contributed by atoms with Gasteiger partial charge in [-0.3, -0.25) is 4.90 Å². The van der Waals surface area contributed by atoms with E-state index in [2.05, 4.69) is 4.72 Å². The van der Waals surface area contributed by atoms with E-state index in [0.29, 0.717) is 13.1 Å². The molecule has 6 heteroatoms. The Kier molecular flexibility index (Phi) is 10.7. The Balaban J connectivity index is 0.00000102. The smallest absolute Gasteiger partial charge is 0.240 e. The van der Waals surface area contributed by atoms with Crippen LogP contribution in [-0.2, 0) is 14.8 Å². The van der Waals surface area contributed by atoms with E-state index in [0.717, 1.165) is 19.3 Å². The second-order valence-electron chi connectivity index (χ2n) is 4.35. The molecule has 1 aliphatic rings. The van der Waals surface area contributed by atoms with E-state index >= 15 is 0 Å². The summed E-state index contributed by atoms with van der Waals surface area (Å²) in [6, 6.07) is 8.20. The van der Waals surface area contributed by atoms with Crippen LogP contribution in [-0.4, -0.2) is 45.3 Å². The van der Waals surface area contributed by atoms with Crippen LogP contribution in [0.4, 0.5) is 0 Å². The predicted octanol–water partition coefficient (Wildman–Crippen LogP) is 2.29. The van der Waals surface area contributed by atoms with Crippen LogP contribution in [0.1, 0.15) is 34.1 Å². The van der Waals surface area contributed by atoms with Gasteiger partial charge in [-0.1, -0.05) is 45.9 Å². The molecule has 1 N–H and O–H groups in total. The van der Waals surface area contributed by atoms with E-state index in [1.165, 1.54) is 0 Å². The lowest BCUT2D eigenvalue weighted by Crippen LogP contribution is -2.37. The van der Waals surface area contributed by atoms with Gasteiger partial charge in [0.1, 0.15) is 6.29 Å². The van der Waals surface area contributed by atoms with Gasteiger partial charge < -0.3 is 4.79 Å². The number of nitrogens with zero attached hydrogens (tertiary/aromatic N) is 1. The molecule has 1 aromatic carbocycles. The molecule has 22 heavy (non-hydrogen) atoms. The number of benzene rings is 1. The number of sulfonamides is 1. The van der Waals surface area contributed by atoms with Crippen molar-refractivity contribution in [3.8, 4) is 0 Å². The number of likely N-dealkylation sites (tertiary alicyclic amines) is 1. The van der Waals surface area contributed by atoms with Gasteiger partial charge in [0.05, 0.1) is 11.4 Å². The second-order valence-corrected chi connectivity index (χ2v) is 6.06. The van der Waals surface area contributed by atoms with Crippen LogP contribution in [0.5, 0.6) is 0 Å². The highest BCUT2D eigenvalue weighted by Gasteiger charge is 2.26. The molecule has 1 heterocycles. The van der Waals surface area contributed by atoms with E-state index < -0.39 is 10.0 Å². The Morgan fingerprint density at radius 1 is 1.18 bits per heavy atom. The molecule has 126 valence electrons. The van der Waals surface area contributed by atoms with Gasteiger partial charge in [-0.05, 0) is 18.6 Å². The first-order valence-electron chi connectivity index (χ1n) is 7.85. The molecule has 1 aliphatic heterocycles. The number of carbonyl (C=O) groups is 1. The molecule has 1 saturated heterocycles. The molecule has 1 atom stereocenters. The number of aldehydes is 1. The van der Waals surface area contributed by atoms with Crippen LogP contribution < -0.4 is 4.72 Å². The van der Waals surface area contributed by atoms with Crippen molar-refractivity contribution in [1.29, 1.82) is 0 Å². The highest BCUT2D eigenvalue weighted by molar-refractivity contribution is 7.89. The van der Waals surface area contributed by atoms with E-state index in [1.807, 2.05) is 32.6 Å². The quantitative estimate of drug-likeness (QED) is 0.842. The van der Waals surface area contributed by atoms with Crippen LogP contribution in [0.2, 0.25) is 0 Å². The topological polar surface area (TPSA) is 66.5 Å². The normalized spacial score (nSPS) is 17.7. The average molecular weight is 328 g/mol. The van der Waals surface area contributed by atoms with Crippen LogP contribution >= 0.6 is 0 Å². The first-order chi connectivity index (χ1) is 10.6. The van der Waals surface area contributed by atoms with Gasteiger partial charge in [0.15, 0.2) is 0 Å². The minimum Gasteiger partial charge on any atom is -0.302 e. The molecule has 2 rings (SSSR count). The van der Waals surface area contributed by atoms with Gasteiger partial charge in [-0.2, -0.15) is 0 Å². The van der Waals surface area contributed by atoms with Crippen molar-refractivity contribution < 1.29 is 13.2 Å². The molecule has 1 unspecified atom stereocenters. The maximum absolute atomic E-state index is 12.1. The van der Waals surface area contributed by atoms with Crippen molar-refractivity contribution in [3.05, 3.63) is 30.3 Å². The molecule has 5 nitrogen and oxygen atoms in total. The second kappa shape index (κ2) is 11.3. The van der Waals surface area contributed by atoms with Crippen LogP contribution in [0, 0.1) is 0 Å². The summed E-state index contributed by atoms with van der Waals surface area (Å²) in [6.45, 7) is 9.70. The molecular weight excluding hydrogens is 300 g/mol. The van der Waals surface area contributed by atoms with Gasteiger partial charge in [-0.15, -0.1) is 0 Å². The Labute approximate surface area is 134 Å². The van der Waals surface area contributed by atoms with Crippen molar-refractivity contribution in [3.63, 3.8) is 0 Å². The van der Waals surface area contributed by atoms with Crippen molar-refractivity contribution in [2.75, 3.05) is 19.6 Å². The number of hydrogen-bond donors (Lipinski definition) is 1. The molecule has 0 aliphatic carbocycles. The van der Waals surface area contributed by atoms with Gasteiger partial charge in [0.25, 0.3) is 0 Å². The van der Waals surface area contributed by atoms with Crippen LogP contribution in [0.25, 0.3) is 0 Å². The maximum Gasteiger partial charge on any atom is 0.240 e. The standard InChI is InChI=1S/C12H16N2O3S.2C2H6/c15-9-8-14-7-6-11(10-14)13-18(16,17)12-4-2-1-3-5-12;2*1-2/h1-5,9,11,13H,6-8,10H2;2*1-2H3. The van der Waals surface area contributed by atoms with E-state index in [1.54, 1.807) is 30.3 Å². The first kappa shape index (κ1) is 20.8. The summed E-state index contributed by atoms with van der Waals surface area (Å²) >= 11 is 0. The average Bonchev–Trinajstić information content (AvgIpc) is 2.99. The molecule has 0 amide bonds. The summed E-state index contributed by atoms with van der Waals surface area (Å²) in [4.78, 5) is 12.6. The zero-order valence-corrected chi connectivity index (χ0v) is 14.8. The van der Waals surface area contributed by atoms with E-state index in [9.17, 15) is 13.2 Å². The number of hydrogen-bond acceptors (Lipinski definition) is 4. The summed E-state index contributed by atoms with van der Waals surface area (Å²) in [5, 5.41) is 0. The summed E-state index contributed by atoms with van der Waals surface area (Å²) in [5.41, 5.74) is 0. The van der Waals surface area contributed by atoms with Gasteiger partial charge in [-0.25, -0.2) is 13.1 Å². The third kappa shape index (κ3) is 6.68. The number of carbonyl (C=O) groups excluding carboxylic acids is 1. The van der Waals surface area contributed by atoms with Crippen LogP contribution in [0.15, 0.2) is 35.2 Å². The van der Waals surface area contributed by atoms with E-state index in [-0.39, 0.29) is 10.9 Å². The SMILES string of the molecule is CC.CC.O=CCN1CCC(NS(=O)(=O)c2ccccc2)C1. The maximum atomic E-state index is 12.1. The highest BCUT2D eigenvalue weighted by atomic mass is 32.2. The molecule has 0 saturated carbocycles. The summed E-state index contributed by atoms with van der Waals surface area (Å²) in [5.74, 6) is 0. The van der Waals surface area contributed by atoms with Crippen LogP contribution in [0.3, 0.4) is 0 Å². The zero-order valence-electron chi connectivity index (χ0n) is 14.0. The number of rotatable bonds is 5. The Morgan fingerprint density at radius 3 is 2.32 bits per heavy atom. The minimum atomic E-state index is -3.45. The largest absolute Gasteiger partial charge is 0.302 e. The molecule has 0 radical (unpaired) electrons. The Bertz CT molecular complexity index is 503. The fourth-order valence-electron chi connectivity index (χ4n) is 2.09. The summed E-state index contributed by atoms with van der Waals surface area (Å²) in [7, 11) is -3.45. The molecule has 0 aromatic heterocycles. The fourth-order valence-corrected chi connectivity index (χ4v) is 3.37. The minimum absolute atomic E-state index is 0.116. The fraction of sp³-hybridized carbons (Fsp3) is 0.562. The summed E-state index contributed by atoms with van der Waals surface area (Å²) < 4.78 is 26.8. The van der Waals surface area contributed by atoms with Gasteiger partial charge in [0, 0.05) is 19.1 Å². The Morgan fingerprint density at radius 2 is 1.77 bits per heavy atom.